The van der Waals surface area contributed by atoms with Crippen molar-refractivity contribution in [2.45, 2.75) is 40.5 Å². The number of rotatable bonds is 16. The van der Waals surface area contributed by atoms with Crippen molar-refractivity contribution < 1.29 is 34.1 Å². The van der Waals surface area contributed by atoms with Crippen LogP contribution >= 0.6 is 58.0 Å². The van der Waals surface area contributed by atoms with Gasteiger partial charge in [-0.05, 0) is 176 Å². The molecule has 10 aromatic rings. The minimum atomic E-state index is -0.274. The summed E-state index contributed by atoms with van der Waals surface area (Å²) >= 11 is 30.0. The highest BCUT2D eigenvalue weighted by Crippen LogP contribution is 2.32. The summed E-state index contributed by atoms with van der Waals surface area (Å²) in [5.74, 6) is 1.88. The number of benzene rings is 9. The van der Waals surface area contributed by atoms with Crippen LogP contribution in [0, 0.1) is 20.8 Å². The lowest BCUT2D eigenvalue weighted by atomic mass is 10.0. The lowest BCUT2D eigenvalue weighted by Gasteiger charge is -2.09. The van der Waals surface area contributed by atoms with E-state index in [1.54, 1.807) is 109 Å². The van der Waals surface area contributed by atoms with Crippen LogP contribution in [0.4, 0.5) is 17.1 Å². The summed E-state index contributed by atoms with van der Waals surface area (Å²) in [5, 5.41) is 27.9. The average molecular weight is 1290 g/mol. The van der Waals surface area contributed by atoms with E-state index in [2.05, 4.69) is 56.6 Å². The number of carbonyl (C=O) groups excluding carboxylic acids is 3. The first kappa shape index (κ1) is 67.3. The Bertz CT molecular complexity index is 4190. The molecule has 0 atom stereocenters. The molecule has 0 saturated carbocycles. The van der Waals surface area contributed by atoms with E-state index in [9.17, 15) is 24.6 Å². The molecule has 454 valence electrons. The number of anilines is 2. The molecule has 0 bridgehead atoms. The fraction of sp³-hybridized carbons (Fsp3) is 0.127. The maximum Gasteiger partial charge on any atom is 0.262 e. The summed E-state index contributed by atoms with van der Waals surface area (Å²) in [6, 6.07) is 56.5. The van der Waals surface area contributed by atoms with Gasteiger partial charge in [-0.15, -0.1) is 0 Å². The first-order valence-corrected chi connectivity index (χ1v) is 29.6. The van der Waals surface area contributed by atoms with Gasteiger partial charge in [0, 0.05) is 61.6 Å². The molecule has 10 rings (SSSR count). The van der Waals surface area contributed by atoms with Gasteiger partial charge in [0.05, 0.1) is 33.9 Å². The van der Waals surface area contributed by atoms with Gasteiger partial charge in [0.1, 0.15) is 23.9 Å². The molecule has 1 heterocycles. The Hall–Kier alpha value is -9.21. The quantitative estimate of drug-likeness (QED) is 0.0359. The van der Waals surface area contributed by atoms with E-state index in [4.69, 9.17) is 67.5 Å². The predicted octanol–water partition coefficient (Wildman–Crippen LogP) is 18.7. The summed E-state index contributed by atoms with van der Waals surface area (Å²) < 4.78 is 10.4. The number of para-hydroxylation sites is 1. The third kappa shape index (κ3) is 21.3. The molecule has 0 spiro atoms. The highest BCUT2D eigenvalue weighted by Gasteiger charge is 2.12. The van der Waals surface area contributed by atoms with Crippen molar-refractivity contribution in [1.82, 2.24) is 9.97 Å². The lowest BCUT2D eigenvalue weighted by Crippen LogP contribution is -2.20. The number of aryl methyl sites for hydroxylation is 3. The van der Waals surface area contributed by atoms with Crippen LogP contribution in [0.1, 0.15) is 69.1 Å². The van der Waals surface area contributed by atoms with Crippen LogP contribution in [-0.2, 0) is 9.59 Å². The number of halogens is 5. The van der Waals surface area contributed by atoms with Gasteiger partial charge in [-0.2, -0.15) is 0 Å². The number of phenolic OH excluding ortho intramolecular Hbond substituents is 2. The molecule has 0 radical (unpaired) electrons. The number of hydrogen-bond donors (Lipinski definition) is 5. The van der Waals surface area contributed by atoms with Gasteiger partial charge < -0.3 is 35.3 Å². The number of imidazole rings is 1. The minimum absolute atomic E-state index is 0.0305. The van der Waals surface area contributed by atoms with Gasteiger partial charge >= 0.3 is 0 Å². The zero-order valence-corrected chi connectivity index (χ0v) is 53.1. The van der Waals surface area contributed by atoms with Gasteiger partial charge in [-0.3, -0.25) is 24.4 Å². The summed E-state index contributed by atoms with van der Waals surface area (Å²) in [7, 11) is 1.51. The van der Waals surface area contributed by atoms with Crippen LogP contribution in [0.25, 0.3) is 28.5 Å². The molecule has 13 nitrogen and oxygen atoms in total. The van der Waals surface area contributed by atoms with E-state index in [1.807, 2.05) is 99.6 Å². The number of hydrogen-bond acceptors (Lipinski definition) is 10. The second-order valence-electron chi connectivity index (χ2n) is 20.3. The smallest absolute Gasteiger partial charge is 0.262 e. The van der Waals surface area contributed by atoms with Gasteiger partial charge in [-0.1, -0.05) is 150 Å². The number of Topliss-reactive ketones (excluding diaryl/α,β-unsaturated/α-hetero) is 1. The Morgan fingerprint density at radius 1 is 0.640 bits per heavy atom. The maximum absolute atomic E-state index is 12.0. The number of methoxy groups -OCH3 is 1. The van der Waals surface area contributed by atoms with Crippen LogP contribution in [0.2, 0.25) is 25.1 Å². The normalized spacial score (nSPS) is 10.9. The number of aromatic hydroxyl groups is 2. The number of aliphatic imine (C=N–C) groups is 2. The van der Waals surface area contributed by atoms with E-state index in [-0.39, 0.29) is 42.2 Å². The number of H-pyrrole nitrogens is 1. The second kappa shape index (κ2) is 33.2. The van der Waals surface area contributed by atoms with Crippen molar-refractivity contribution in [3.05, 3.63) is 264 Å². The van der Waals surface area contributed by atoms with Crippen LogP contribution in [0.3, 0.4) is 0 Å². The summed E-state index contributed by atoms with van der Waals surface area (Å²) in [5.41, 5.74) is 11.7. The zero-order valence-electron chi connectivity index (χ0n) is 49.4. The molecule has 0 aliphatic carbocycles. The van der Waals surface area contributed by atoms with Gasteiger partial charge in [0.2, 0.25) is 5.91 Å². The van der Waals surface area contributed by atoms with Crippen molar-refractivity contribution in [2.75, 3.05) is 30.9 Å². The van der Waals surface area contributed by atoms with Crippen molar-refractivity contribution in [3.63, 3.8) is 0 Å². The predicted molar refractivity (Wildman–Crippen MR) is 366 cm³/mol. The molecule has 0 saturated heterocycles. The molecule has 0 fully saturated rings. The molecule has 0 aliphatic heterocycles. The van der Waals surface area contributed by atoms with Gasteiger partial charge in [-0.25, -0.2) is 4.98 Å². The molecule has 0 unspecified atom stereocenters. The molecule has 9 aromatic carbocycles. The average Bonchev–Trinajstić information content (AvgIpc) is 2.25. The summed E-state index contributed by atoms with van der Waals surface area (Å²) in [4.78, 5) is 52.0. The van der Waals surface area contributed by atoms with Crippen LogP contribution in [0.5, 0.6) is 23.0 Å². The number of ether oxygens (including phenoxy) is 2. The number of aromatic nitrogens is 2. The van der Waals surface area contributed by atoms with E-state index >= 15 is 0 Å². The van der Waals surface area contributed by atoms with Crippen molar-refractivity contribution in [3.8, 4) is 34.4 Å². The lowest BCUT2D eigenvalue weighted by molar-refractivity contribution is -0.118. The Morgan fingerprint density at radius 2 is 1.30 bits per heavy atom. The second-order valence-corrected chi connectivity index (χ2v) is 22.4. The maximum atomic E-state index is 12.0. The first-order valence-electron chi connectivity index (χ1n) is 27.7. The minimum Gasteiger partial charge on any atom is -0.507 e. The molecule has 0 aliphatic rings. The monoisotopic (exact) mass is 1290 g/mol. The third-order valence-corrected chi connectivity index (χ3v) is 14.3. The fourth-order valence-corrected chi connectivity index (χ4v) is 9.46. The van der Waals surface area contributed by atoms with E-state index in [1.165, 1.54) is 25.0 Å². The first-order chi connectivity index (χ1) is 42.7. The number of carbonyl (C=O) groups is 3. The Balaban J connectivity index is 0.000000171. The molecule has 1 aromatic heterocycles. The molecule has 5 N–H and O–H groups in total. The van der Waals surface area contributed by atoms with E-state index < -0.39 is 0 Å². The molecule has 18 heteroatoms. The van der Waals surface area contributed by atoms with Crippen molar-refractivity contribution >= 4 is 122 Å². The number of fused-ring (bicyclic) bond motifs is 1. The van der Waals surface area contributed by atoms with Crippen LogP contribution in [0.15, 0.2) is 204 Å². The molecular weight excluding hydrogens is 1230 g/mol. The Morgan fingerprint density at radius 3 is 1.97 bits per heavy atom. The Labute approximate surface area is 542 Å². The third-order valence-electron chi connectivity index (χ3n) is 13.0. The van der Waals surface area contributed by atoms with Gasteiger partial charge in [0.15, 0.2) is 23.9 Å². The number of phenols is 2. The number of amides is 2. The number of aromatic amines is 1. The van der Waals surface area contributed by atoms with Crippen LogP contribution in [-0.4, -0.2) is 70.5 Å². The number of nitrogens with zero attached hydrogens (tertiary/aromatic N) is 3. The summed E-state index contributed by atoms with van der Waals surface area (Å²) in [6.45, 7) is 9.98. The van der Waals surface area contributed by atoms with Crippen molar-refractivity contribution in [2.24, 2.45) is 9.98 Å². The SMILES string of the molecule is CC(C)c1ccc(/C=C/C(=O)Nc2cccc(Cl)c2)cc1.COc1ccc(C=Nc2ccc3nc(-c4ccc(Cl)cc4Cl)[nH]c3c2)cc1O.Cc1ccc(OCC(=O)Nc2cccc(Cl)c2)c(Cl)c1.Cc1cccc(C(=O)CN=Cc2cccc(C)c2O)c1. The Kier molecular flexibility index (Phi) is 25.1. The zero-order chi connectivity index (χ0) is 64.0. The van der Waals surface area contributed by atoms with Crippen LogP contribution < -0.4 is 20.1 Å². The fourth-order valence-electron chi connectivity index (χ4n) is 8.29. The van der Waals surface area contributed by atoms with Gasteiger partial charge in [0.25, 0.3) is 5.91 Å². The van der Waals surface area contributed by atoms with E-state index in [0.717, 1.165) is 50.1 Å². The topological polar surface area (TPSA) is 188 Å². The molecular formula is C71H63Cl5N6O7. The van der Waals surface area contributed by atoms with Crippen molar-refractivity contribution in [1.29, 1.82) is 0 Å². The highest BCUT2D eigenvalue weighted by atomic mass is 35.5. The largest absolute Gasteiger partial charge is 0.507 e. The molecule has 2 amide bonds. The molecule has 89 heavy (non-hydrogen) atoms. The highest BCUT2D eigenvalue weighted by molar-refractivity contribution is 6.36. The number of nitrogens with one attached hydrogen (secondary N) is 3. The standard InChI is InChI=1S/C21H15Cl2N3O2.C18H18ClNO.C17H17NO2.C15H13Cl2NO2/c1-28-20-7-2-12(8-19(20)27)11-24-14-4-6-17-18(10-14)26-21(25-17)15-5-3-13(22)9-16(15)23;1-13(2)15-9-6-14(7-10-15)8-11-18(21)20-17-5-3-4-16(19)12-17;1-12-5-3-7-14(9-12)16(19)11-18-10-15-8-4-6-13(2)17(15)20;1-10-5-6-14(13(17)7-10)20-9-15(19)18-12-4-2-3-11(16)8-12/h2-11,27H,1H3,(H,25,26);3-13H,1-2H3,(H,20,21);3-10,20H,11H2,1-2H3;2-8H,9H2,1H3,(H,18,19)/b;11-8+;;. The summed E-state index contributed by atoms with van der Waals surface area (Å²) in [6.07, 6.45) is 6.53. The number of ketones is 1. The van der Waals surface area contributed by atoms with E-state index in [0.29, 0.717) is 70.9 Å².